The SMILES string of the molecule is O=C(COc1ccc2oc3c(c2c1)CCCC3)NNC(=O)c1cccc(O)c1. The number of rotatable bonds is 4. The van der Waals surface area contributed by atoms with Crippen LogP contribution in [0, 0.1) is 0 Å². The Labute approximate surface area is 161 Å². The number of hydrogen-bond acceptors (Lipinski definition) is 5. The normalized spacial score (nSPS) is 13.0. The van der Waals surface area contributed by atoms with Crippen molar-refractivity contribution in [2.45, 2.75) is 25.7 Å². The van der Waals surface area contributed by atoms with Gasteiger partial charge in [0.25, 0.3) is 11.8 Å². The first-order chi connectivity index (χ1) is 13.6. The van der Waals surface area contributed by atoms with Crippen LogP contribution in [0.5, 0.6) is 11.5 Å². The lowest BCUT2D eigenvalue weighted by atomic mass is 9.96. The molecular formula is C21H20N2O5. The summed E-state index contributed by atoms with van der Waals surface area (Å²) in [7, 11) is 0. The van der Waals surface area contributed by atoms with Crippen LogP contribution in [0.3, 0.4) is 0 Å². The Kier molecular flexibility index (Phi) is 4.89. The van der Waals surface area contributed by atoms with Crippen LogP contribution in [0.15, 0.2) is 46.9 Å². The van der Waals surface area contributed by atoms with Crippen molar-refractivity contribution in [3.8, 4) is 11.5 Å². The van der Waals surface area contributed by atoms with Crippen molar-refractivity contribution in [2.75, 3.05) is 6.61 Å². The Morgan fingerprint density at radius 1 is 1.07 bits per heavy atom. The van der Waals surface area contributed by atoms with E-state index in [4.69, 9.17) is 9.15 Å². The second-order valence-corrected chi connectivity index (χ2v) is 6.71. The molecule has 1 aromatic heterocycles. The summed E-state index contributed by atoms with van der Waals surface area (Å²) in [5.74, 6) is 0.555. The molecular weight excluding hydrogens is 360 g/mol. The van der Waals surface area contributed by atoms with E-state index in [1.165, 1.54) is 23.8 Å². The fraction of sp³-hybridized carbons (Fsp3) is 0.238. The van der Waals surface area contributed by atoms with E-state index < -0.39 is 11.8 Å². The van der Waals surface area contributed by atoms with Gasteiger partial charge in [0.1, 0.15) is 22.8 Å². The summed E-state index contributed by atoms with van der Waals surface area (Å²) in [6.45, 7) is -0.244. The molecule has 0 spiro atoms. The third kappa shape index (κ3) is 3.78. The smallest absolute Gasteiger partial charge is 0.276 e. The number of nitrogens with one attached hydrogen (secondary N) is 2. The van der Waals surface area contributed by atoms with Crippen LogP contribution in [0.4, 0.5) is 0 Å². The molecule has 0 saturated carbocycles. The fourth-order valence-electron chi connectivity index (χ4n) is 3.36. The summed E-state index contributed by atoms with van der Waals surface area (Å²) in [6, 6.07) is 11.3. The third-order valence-corrected chi connectivity index (χ3v) is 4.72. The van der Waals surface area contributed by atoms with Crippen LogP contribution in [0.1, 0.15) is 34.5 Å². The monoisotopic (exact) mass is 380 g/mol. The quantitative estimate of drug-likeness (QED) is 0.604. The van der Waals surface area contributed by atoms with Crippen molar-refractivity contribution in [1.82, 2.24) is 10.9 Å². The van der Waals surface area contributed by atoms with E-state index >= 15 is 0 Å². The number of furan rings is 1. The predicted molar refractivity (Wildman–Crippen MR) is 102 cm³/mol. The van der Waals surface area contributed by atoms with Crippen LogP contribution in [-0.2, 0) is 17.6 Å². The number of carbonyl (C=O) groups excluding carboxylic acids is 2. The van der Waals surface area contributed by atoms with Crippen molar-refractivity contribution in [2.24, 2.45) is 0 Å². The molecule has 0 saturated heterocycles. The van der Waals surface area contributed by atoms with E-state index in [1.807, 2.05) is 12.1 Å². The van der Waals surface area contributed by atoms with Gasteiger partial charge in [-0.15, -0.1) is 0 Å². The van der Waals surface area contributed by atoms with Crippen molar-refractivity contribution >= 4 is 22.8 Å². The molecule has 0 radical (unpaired) electrons. The first-order valence-electron chi connectivity index (χ1n) is 9.15. The molecule has 0 aliphatic heterocycles. The Morgan fingerprint density at radius 3 is 2.79 bits per heavy atom. The Balaban J connectivity index is 1.34. The molecule has 28 heavy (non-hydrogen) atoms. The zero-order valence-corrected chi connectivity index (χ0v) is 15.2. The van der Waals surface area contributed by atoms with Gasteiger partial charge in [-0.05, 0) is 55.7 Å². The highest BCUT2D eigenvalue weighted by Crippen LogP contribution is 2.33. The third-order valence-electron chi connectivity index (χ3n) is 4.72. The summed E-state index contributed by atoms with van der Waals surface area (Å²) < 4.78 is 11.4. The fourth-order valence-corrected chi connectivity index (χ4v) is 3.36. The second kappa shape index (κ2) is 7.64. The molecule has 7 heteroatoms. The molecule has 7 nitrogen and oxygen atoms in total. The zero-order chi connectivity index (χ0) is 19.5. The summed E-state index contributed by atoms with van der Waals surface area (Å²) in [5.41, 5.74) is 6.87. The van der Waals surface area contributed by atoms with Crippen LogP contribution >= 0.6 is 0 Å². The number of hydrazine groups is 1. The minimum atomic E-state index is -0.532. The number of fused-ring (bicyclic) bond motifs is 3. The largest absolute Gasteiger partial charge is 0.508 e. The number of benzene rings is 2. The zero-order valence-electron chi connectivity index (χ0n) is 15.2. The van der Waals surface area contributed by atoms with Gasteiger partial charge in [-0.1, -0.05) is 6.07 Å². The first-order valence-corrected chi connectivity index (χ1v) is 9.15. The van der Waals surface area contributed by atoms with Gasteiger partial charge < -0.3 is 14.3 Å². The van der Waals surface area contributed by atoms with E-state index in [-0.39, 0.29) is 17.9 Å². The van der Waals surface area contributed by atoms with Crippen molar-refractivity contribution in [3.63, 3.8) is 0 Å². The highest BCUT2D eigenvalue weighted by molar-refractivity contribution is 5.95. The highest BCUT2D eigenvalue weighted by Gasteiger charge is 2.18. The van der Waals surface area contributed by atoms with E-state index in [9.17, 15) is 14.7 Å². The molecule has 144 valence electrons. The standard InChI is InChI=1S/C21H20N2O5/c24-14-5-3-4-13(10-14)21(26)23-22-20(25)12-27-15-8-9-19-17(11-15)16-6-1-2-7-18(16)28-19/h3-5,8-11,24H,1-2,6-7,12H2,(H,22,25)(H,23,26). The van der Waals surface area contributed by atoms with Gasteiger partial charge in [-0.25, -0.2) is 0 Å². The average molecular weight is 380 g/mol. The van der Waals surface area contributed by atoms with Crippen LogP contribution in [0.2, 0.25) is 0 Å². The molecule has 2 aromatic carbocycles. The predicted octanol–water partition coefficient (Wildman–Crippen LogP) is 2.86. The van der Waals surface area contributed by atoms with Crippen molar-refractivity contribution in [1.29, 1.82) is 0 Å². The molecule has 1 heterocycles. The summed E-state index contributed by atoms with van der Waals surface area (Å²) in [4.78, 5) is 23.9. The van der Waals surface area contributed by atoms with Crippen molar-refractivity contribution in [3.05, 3.63) is 59.4 Å². The van der Waals surface area contributed by atoms with E-state index in [2.05, 4.69) is 10.9 Å². The lowest BCUT2D eigenvalue weighted by Crippen LogP contribution is -2.43. The number of hydrogen-bond donors (Lipinski definition) is 3. The number of carbonyl (C=O) groups is 2. The van der Waals surface area contributed by atoms with Crippen LogP contribution in [0.25, 0.3) is 11.0 Å². The van der Waals surface area contributed by atoms with E-state index in [0.717, 1.165) is 42.4 Å². The molecule has 4 rings (SSSR count). The van der Waals surface area contributed by atoms with Gasteiger partial charge in [-0.2, -0.15) is 0 Å². The van der Waals surface area contributed by atoms with Gasteiger partial charge in [0, 0.05) is 22.9 Å². The molecule has 3 aromatic rings. The Hall–Kier alpha value is -3.48. The summed E-state index contributed by atoms with van der Waals surface area (Å²) in [5, 5.41) is 10.4. The second-order valence-electron chi connectivity index (χ2n) is 6.71. The minimum absolute atomic E-state index is 0.0286. The number of aromatic hydroxyl groups is 1. The summed E-state index contributed by atoms with van der Waals surface area (Å²) >= 11 is 0. The average Bonchev–Trinajstić information content (AvgIpc) is 3.08. The molecule has 0 fully saturated rings. The van der Waals surface area contributed by atoms with Crippen molar-refractivity contribution < 1.29 is 23.8 Å². The summed E-state index contributed by atoms with van der Waals surface area (Å²) in [6.07, 6.45) is 4.24. The molecule has 1 aliphatic carbocycles. The molecule has 0 bridgehead atoms. The van der Waals surface area contributed by atoms with Crippen LogP contribution < -0.4 is 15.6 Å². The number of amides is 2. The topological polar surface area (TPSA) is 101 Å². The maximum atomic E-state index is 11.9. The maximum Gasteiger partial charge on any atom is 0.276 e. The molecule has 3 N–H and O–H groups in total. The van der Waals surface area contributed by atoms with Gasteiger partial charge in [0.15, 0.2) is 6.61 Å². The minimum Gasteiger partial charge on any atom is -0.508 e. The molecule has 0 unspecified atom stereocenters. The molecule has 1 aliphatic rings. The first kappa shape index (κ1) is 17.9. The lowest BCUT2D eigenvalue weighted by molar-refractivity contribution is -0.123. The van der Waals surface area contributed by atoms with Gasteiger partial charge in [0.2, 0.25) is 0 Å². The maximum absolute atomic E-state index is 11.9. The van der Waals surface area contributed by atoms with Gasteiger partial charge >= 0.3 is 0 Å². The Morgan fingerprint density at radius 2 is 1.93 bits per heavy atom. The highest BCUT2D eigenvalue weighted by atomic mass is 16.5. The Bertz CT molecular complexity index is 1040. The lowest BCUT2D eigenvalue weighted by Gasteiger charge is -2.10. The van der Waals surface area contributed by atoms with Gasteiger partial charge in [-0.3, -0.25) is 20.4 Å². The van der Waals surface area contributed by atoms with E-state index in [0.29, 0.717) is 5.75 Å². The number of phenols is 1. The molecule has 0 atom stereocenters. The number of aryl methyl sites for hydroxylation is 2. The number of ether oxygens (including phenoxy) is 1. The molecule has 2 amide bonds. The number of phenolic OH excluding ortho intramolecular Hbond substituents is 1. The van der Waals surface area contributed by atoms with Crippen LogP contribution in [-0.4, -0.2) is 23.5 Å². The van der Waals surface area contributed by atoms with Gasteiger partial charge in [0.05, 0.1) is 0 Å². The van der Waals surface area contributed by atoms with E-state index in [1.54, 1.807) is 12.1 Å².